The summed E-state index contributed by atoms with van der Waals surface area (Å²) in [5, 5.41) is 7.47. The topological polar surface area (TPSA) is 105 Å². The van der Waals surface area contributed by atoms with E-state index in [4.69, 9.17) is 9.15 Å². The number of nitrogens with one attached hydrogen (secondary N) is 2. The molecule has 1 aromatic carbocycles. The van der Waals surface area contributed by atoms with Crippen molar-refractivity contribution in [2.45, 2.75) is 25.4 Å². The van der Waals surface area contributed by atoms with Crippen LogP contribution in [0.2, 0.25) is 0 Å². The molecular weight excluding hydrogens is 470 g/mol. The molecule has 2 aliphatic rings. The second-order valence-electron chi connectivity index (χ2n) is 9.01. The normalized spacial score (nSPS) is 18.2. The number of ether oxygens (including phenoxy) is 1. The van der Waals surface area contributed by atoms with Gasteiger partial charge in [0.2, 0.25) is 11.8 Å². The van der Waals surface area contributed by atoms with Gasteiger partial charge in [-0.3, -0.25) is 4.79 Å². The maximum atomic E-state index is 13.2. The SMILES string of the molecule is CNc1ncc(-c2nc3cc(N4CCO[C@H](C(F)F)C4)ccc3o2)c2cc(NC(=O)C3CC3)ncc12. The number of carbonyl (C=O) groups is 1. The molecule has 6 rings (SSSR count). The summed E-state index contributed by atoms with van der Waals surface area (Å²) in [6.45, 7) is 0.859. The summed E-state index contributed by atoms with van der Waals surface area (Å²) in [6.07, 6.45) is 1.48. The van der Waals surface area contributed by atoms with E-state index < -0.39 is 12.5 Å². The summed E-state index contributed by atoms with van der Waals surface area (Å²) in [7, 11) is 1.77. The minimum absolute atomic E-state index is 0.0297. The first-order chi connectivity index (χ1) is 17.5. The van der Waals surface area contributed by atoms with Gasteiger partial charge < -0.3 is 24.7 Å². The van der Waals surface area contributed by atoms with Crippen molar-refractivity contribution >= 4 is 45.1 Å². The van der Waals surface area contributed by atoms with Gasteiger partial charge in [0.1, 0.15) is 23.3 Å². The fourth-order valence-corrected chi connectivity index (χ4v) is 4.44. The van der Waals surface area contributed by atoms with Gasteiger partial charge >= 0.3 is 0 Å². The van der Waals surface area contributed by atoms with Crippen LogP contribution < -0.4 is 15.5 Å². The largest absolute Gasteiger partial charge is 0.436 e. The monoisotopic (exact) mass is 494 g/mol. The van der Waals surface area contributed by atoms with E-state index in [2.05, 4.69) is 25.6 Å². The number of fused-ring (bicyclic) bond motifs is 2. The molecule has 1 atom stereocenters. The van der Waals surface area contributed by atoms with E-state index in [9.17, 15) is 13.6 Å². The lowest BCUT2D eigenvalue weighted by molar-refractivity contribution is -0.117. The number of carbonyl (C=O) groups excluding carboxylic acids is 1. The van der Waals surface area contributed by atoms with E-state index in [-0.39, 0.29) is 25.0 Å². The van der Waals surface area contributed by atoms with Crippen molar-refractivity contribution in [2.75, 3.05) is 42.3 Å². The van der Waals surface area contributed by atoms with E-state index in [0.717, 1.165) is 29.3 Å². The van der Waals surface area contributed by atoms with Gasteiger partial charge in [-0.2, -0.15) is 0 Å². The van der Waals surface area contributed by atoms with Crippen molar-refractivity contribution in [3.63, 3.8) is 0 Å². The first-order valence-corrected chi connectivity index (χ1v) is 11.8. The first-order valence-electron chi connectivity index (χ1n) is 11.8. The number of nitrogens with zero attached hydrogens (tertiary/aromatic N) is 4. The molecule has 1 aliphatic heterocycles. The summed E-state index contributed by atoms with van der Waals surface area (Å²) < 4.78 is 37.6. The number of rotatable bonds is 6. The third-order valence-corrected chi connectivity index (χ3v) is 6.55. The number of morpholine rings is 1. The number of anilines is 3. The number of aromatic nitrogens is 3. The predicted molar refractivity (Wildman–Crippen MR) is 131 cm³/mol. The second kappa shape index (κ2) is 8.98. The molecular formula is C25H24F2N6O3. The number of oxazole rings is 1. The maximum absolute atomic E-state index is 13.2. The van der Waals surface area contributed by atoms with E-state index in [1.807, 2.05) is 17.0 Å². The standard InChI is InChI=1S/C25H24F2N6O3/c1-28-23-16-10-29-21(32-24(34)13-2-3-13)9-15(16)17(11-30-23)25-31-18-8-14(4-5-19(18)36-25)33-6-7-35-20(12-33)22(26)27/h4-5,8-11,13,20,22H,2-3,6-7,12H2,1H3,(H,28,30)(H,29,32,34)/t20-/m0/s1. The Morgan fingerprint density at radius 3 is 2.81 bits per heavy atom. The van der Waals surface area contributed by atoms with Crippen molar-refractivity contribution in [3.05, 3.63) is 36.7 Å². The zero-order chi connectivity index (χ0) is 24.8. The lowest BCUT2D eigenvalue weighted by atomic mass is 10.1. The van der Waals surface area contributed by atoms with Gasteiger partial charge in [0.05, 0.1) is 12.2 Å². The number of halogens is 2. The highest BCUT2D eigenvalue weighted by Crippen LogP contribution is 2.35. The molecule has 0 radical (unpaired) electrons. The molecule has 1 saturated carbocycles. The third-order valence-electron chi connectivity index (χ3n) is 6.55. The zero-order valence-corrected chi connectivity index (χ0v) is 19.5. The van der Waals surface area contributed by atoms with Crippen LogP contribution in [0.4, 0.5) is 26.1 Å². The van der Waals surface area contributed by atoms with Gasteiger partial charge in [0.15, 0.2) is 5.58 Å². The van der Waals surface area contributed by atoms with E-state index in [0.29, 0.717) is 40.7 Å². The van der Waals surface area contributed by atoms with Gasteiger partial charge in [0.25, 0.3) is 6.43 Å². The summed E-state index contributed by atoms with van der Waals surface area (Å²) in [6, 6.07) is 7.25. The number of alkyl halides is 2. The molecule has 1 saturated heterocycles. The third kappa shape index (κ3) is 4.19. The van der Waals surface area contributed by atoms with E-state index in [1.165, 1.54) is 0 Å². The number of pyridine rings is 2. The van der Waals surface area contributed by atoms with Crippen LogP contribution in [-0.2, 0) is 9.53 Å². The summed E-state index contributed by atoms with van der Waals surface area (Å²) in [5.74, 6) is 1.48. The fraction of sp³-hybridized carbons (Fsp3) is 0.360. The van der Waals surface area contributed by atoms with Crippen LogP contribution in [0.1, 0.15) is 12.8 Å². The smallest absolute Gasteiger partial charge is 0.266 e. The Balaban J connectivity index is 1.37. The molecule has 11 heteroatoms. The Hall–Kier alpha value is -3.86. The predicted octanol–water partition coefficient (Wildman–Crippen LogP) is 4.30. The van der Waals surface area contributed by atoms with Gasteiger partial charge in [-0.15, -0.1) is 0 Å². The summed E-state index contributed by atoms with van der Waals surface area (Å²) in [5.41, 5.74) is 2.59. The average Bonchev–Trinajstić information content (AvgIpc) is 3.67. The highest BCUT2D eigenvalue weighted by Gasteiger charge is 2.30. The highest BCUT2D eigenvalue weighted by atomic mass is 19.3. The molecule has 1 aliphatic carbocycles. The van der Waals surface area contributed by atoms with Crippen LogP contribution in [0, 0.1) is 5.92 Å². The molecule has 1 amide bonds. The lowest BCUT2D eigenvalue weighted by Crippen LogP contribution is -2.45. The van der Waals surface area contributed by atoms with Gasteiger partial charge in [-0.25, -0.2) is 23.7 Å². The average molecular weight is 495 g/mol. The number of benzene rings is 1. The Kier molecular flexibility index (Phi) is 5.63. The van der Waals surface area contributed by atoms with E-state index in [1.54, 1.807) is 31.6 Å². The molecule has 2 fully saturated rings. The fourth-order valence-electron chi connectivity index (χ4n) is 4.44. The molecule has 36 heavy (non-hydrogen) atoms. The van der Waals surface area contributed by atoms with Gasteiger partial charge in [-0.05, 0) is 37.1 Å². The Morgan fingerprint density at radius 1 is 1.17 bits per heavy atom. The minimum atomic E-state index is -2.54. The minimum Gasteiger partial charge on any atom is -0.436 e. The van der Waals surface area contributed by atoms with Crippen molar-refractivity contribution in [3.8, 4) is 11.5 Å². The molecule has 3 aromatic heterocycles. The molecule has 0 spiro atoms. The summed E-state index contributed by atoms with van der Waals surface area (Å²) in [4.78, 5) is 27.7. The van der Waals surface area contributed by atoms with E-state index >= 15 is 0 Å². The van der Waals surface area contributed by atoms with Crippen LogP contribution in [0.25, 0.3) is 33.3 Å². The Labute approximate surface area is 204 Å². The van der Waals surface area contributed by atoms with Crippen LogP contribution in [-0.4, -0.2) is 60.1 Å². The lowest BCUT2D eigenvalue weighted by Gasteiger charge is -2.34. The van der Waals surface area contributed by atoms with Gasteiger partial charge in [0, 0.05) is 54.9 Å². The highest BCUT2D eigenvalue weighted by molar-refractivity contribution is 6.03. The van der Waals surface area contributed by atoms with Crippen molar-refractivity contribution in [1.29, 1.82) is 0 Å². The first kappa shape index (κ1) is 22.6. The van der Waals surface area contributed by atoms with Crippen molar-refractivity contribution < 1.29 is 22.7 Å². The number of hydrogen-bond acceptors (Lipinski definition) is 8. The number of amides is 1. The zero-order valence-electron chi connectivity index (χ0n) is 19.5. The van der Waals surface area contributed by atoms with Crippen LogP contribution in [0.5, 0.6) is 0 Å². The Bertz CT molecular complexity index is 1450. The molecule has 2 N–H and O–H groups in total. The molecule has 0 unspecified atom stereocenters. The quantitative estimate of drug-likeness (QED) is 0.409. The van der Waals surface area contributed by atoms with Crippen LogP contribution >= 0.6 is 0 Å². The molecule has 0 bridgehead atoms. The maximum Gasteiger partial charge on any atom is 0.266 e. The second-order valence-corrected chi connectivity index (χ2v) is 9.01. The molecule has 4 heterocycles. The van der Waals surface area contributed by atoms with Crippen molar-refractivity contribution in [1.82, 2.24) is 15.0 Å². The van der Waals surface area contributed by atoms with Crippen LogP contribution in [0.3, 0.4) is 0 Å². The summed E-state index contributed by atoms with van der Waals surface area (Å²) >= 11 is 0. The van der Waals surface area contributed by atoms with Gasteiger partial charge in [-0.1, -0.05) is 0 Å². The molecule has 4 aromatic rings. The van der Waals surface area contributed by atoms with Crippen molar-refractivity contribution in [2.24, 2.45) is 5.92 Å². The van der Waals surface area contributed by atoms with Crippen LogP contribution in [0.15, 0.2) is 41.1 Å². The molecule has 9 nitrogen and oxygen atoms in total. The Morgan fingerprint density at radius 2 is 2.03 bits per heavy atom. The number of hydrogen-bond donors (Lipinski definition) is 2. The molecule has 186 valence electrons.